The molecule has 2 fully saturated rings. The number of hydrogen-bond donors (Lipinski definition) is 0. The second-order valence-electron chi connectivity index (χ2n) is 5.23. The molecule has 0 aromatic rings. The van der Waals surface area contributed by atoms with Crippen molar-refractivity contribution in [3.8, 4) is 0 Å². The van der Waals surface area contributed by atoms with Crippen molar-refractivity contribution in [2.45, 2.75) is 44.6 Å². The van der Waals surface area contributed by atoms with E-state index in [1.807, 2.05) is 11.8 Å². The van der Waals surface area contributed by atoms with E-state index in [1.54, 1.807) is 0 Å². The van der Waals surface area contributed by atoms with Crippen molar-refractivity contribution in [3.63, 3.8) is 0 Å². The molecule has 3 nitrogen and oxygen atoms in total. The fraction of sp³-hybridized carbons (Fsp3) is 0.923. The summed E-state index contributed by atoms with van der Waals surface area (Å²) >= 11 is 1.97. The lowest BCUT2D eigenvalue weighted by Crippen LogP contribution is -2.14. The van der Waals surface area contributed by atoms with Gasteiger partial charge in [0.05, 0.1) is 19.6 Å². The molecule has 2 rings (SSSR count). The SMILES string of the molecule is COC(=O)CC1(CSCCC2CCCO2)CC1. The average molecular weight is 258 g/mol. The first-order chi connectivity index (χ1) is 8.24. The summed E-state index contributed by atoms with van der Waals surface area (Å²) in [6, 6.07) is 0. The molecule has 0 bridgehead atoms. The fourth-order valence-electron chi connectivity index (χ4n) is 2.30. The quantitative estimate of drug-likeness (QED) is 0.519. The number of carbonyl (C=O) groups is 1. The molecule has 0 aromatic carbocycles. The van der Waals surface area contributed by atoms with Gasteiger partial charge in [0, 0.05) is 6.61 Å². The first kappa shape index (κ1) is 13.2. The van der Waals surface area contributed by atoms with E-state index < -0.39 is 0 Å². The molecule has 4 heteroatoms. The van der Waals surface area contributed by atoms with Gasteiger partial charge in [0.1, 0.15) is 0 Å². The molecule has 0 amide bonds. The number of esters is 1. The van der Waals surface area contributed by atoms with Crippen molar-refractivity contribution in [2.75, 3.05) is 25.2 Å². The summed E-state index contributed by atoms with van der Waals surface area (Å²) in [4.78, 5) is 11.3. The highest BCUT2D eigenvalue weighted by Gasteiger charge is 2.44. The van der Waals surface area contributed by atoms with Crippen LogP contribution in [0.4, 0.5) is 0 Å². The second kappa shape index (κ2) is 6.10. The van der Waals surface area contributed by atoms with Crippen LogP contribution in [0.5, 0.6) is 0 Å². The standard InChI is InChI=1S/C13H22O3S/c1-15-12(14)9-13(5-6-13)10-17-8-4-11-3-2-7-16-11/h11H,2-10H2,1H3. The minimum absolute atomic E-state index is 0.0535. The predicted octanol–water partition coefficient (Wildman–Crippen LogP) is 2.63. The summed E-state index contributed by atoms with van der Waals surface area (Å²) in [6.45, 7) is 0.946. The highest BCUT2D eigenvalue weighted by molar-refractivity contribution is 7.99. The van der Waals surface area contributed by atoms with E-state index in [0.29, 0.717) is 12.5 Å². The van der Waals surface area contributed by atoms with Crippen molar-refractivity contribution in [1.82, 2.24) is 0 Å². The number of rotatable bonds is 7. The molecular weight excluding hydrogens is 236 g/mol. The number of methoxy groups -OCH3 is 1. The summed E-state index contributed by atoms with van der Waals surface area (Å²) in [6.07, 6.45) is 7.10. The van der Waals surface area contributed by atoms with Gasteiger partial charge in [-0.05, 0) is 49.0 Å². The summed E-state index contributed by atoms with van der Waals surface area (Å²) in [5.74, 6) is 2.21. The Morgan fingerprint density at radius 2 is 2.35 bits per heavy atom. The first-order valence-electron chi connectivity index (χ1n) is 6.50. The van der Waals surface area contributed by atoms with E-state index in [4.69, 9.17) is 9.47 Å². The Balaban J connectivity index is 1.56. The lowest BCUT2D eigenvalue weighted by molar-refractivity contribution is -0.141. The summed E-state index contributed by atoms with van der Waals surface area (Å²) in [7, 11) is 1.48. The number of ether oxygens (including phenoxy) is 2. The van der Waals surface area contributed by atoms with Gasteiger partial charge in [-0.15, -0.1) is 0 Å². The molecule has 98 valence electrons. The van der Waals surface area contributed by atoms with Gasteiger partial charge in [0.15, 0.2) is 0 Å². The molecule has 1 saturated heterocycles. The first-order valence-corrected chi connectivity index (χ1v) is 7.66. The van der Waals surface area contributed by atoms with Gasteiger partial charge >= 0.3 is 5.97 Å². The molecule has 1 aliphatic carbocycles. The average Bonchev–Trinajstić information content (AvgIpc) is 2.89. The third kappa shape index (κ3) is 4.18. The zero-order valence-electron chi connectivity index (χ0n) is 10.6. The molecule has 17 heavy (non-hydrogen) atoms. The van der Waals surface area contributed by atoms with Crippen LogP contribution in [0.15, 0.2) is 0 Å². The van der Waals surface area contributed by atoms with E-state index in [9.17, 15) is 4.79 Å². The summed E-state index contributed by atoms with van der Waals surface area (Å²) in [5, 5.41) is 0. The van der Waals surface area contributed by atoms with Crippen molar-refractivity contribution < 1.29 is 14.3 Å². The topological polar surface area (TPSA) is 35.5 Å². The minimum atomic E-state index is -0.0535. The van der Waals surface area contributed by atoms with Crippen LogP contribution in [0.1, 0.15) is 38.5 Å². The zero-order chi connectivity index (χ0) is 12.1. The molecule has 0 aromatic heterocycles. The van der Waals surface area contributed by atoms with Gasteiger partial charge in [-0.3, -0.25) is 4.79 Å². The van der Waals surface area contributed by atoms with Crippen molar-refractivity contribution >= 4 is 17.7 Å². The molecule has 2 aliphatic rings. The van der Waals surface area contributed by atoms with Gasteiger partial charge in [-0.2, -0.15) is 11.8 Å². The van der Waals surface area contributed by atoms with Gasteiger partial charge in [-0.25, -0.2) is 0 Å². The Bertz CT molecular complexity index is 257. The van der Waals surface area contributed by atoms with E-state index in [2.05, 4.69) is 0 Å². The predicted molar refractivity (Wildman–Crippen MR) is 69.2 cm³/mol. The molecular formula is C13H22O3S. The lowest BCUT2D eigenvalue weighted by Gasteiger charge is -2.14. The molecule has 1 atom stereocenters. The number of hydrogen-bond acceptors (Lipinski definition) is 4. The van der Waals surface area contributed by atoms with Gasteiger partial charge < -0.3 is 9.47 Å². The van der Waals surface area contributed by atoms with Crippen molar-refractivity contribution in [3.05, 3.63) is 0 Å². The molecule has 1 heterocycles. The Hall–Kier alpha value is -0.220. The van der Waals surface area contributed by atoms with E-state index in [0.717, 1.165) is 18.1 Å². The number of carbonyl (C=O) groups excluding carboxylic acids is 1. The maximum atomic E-state index is 11.3. The zero-order valence-corrected chi connectivity index (χ0v) is 11.4. The molecule has 0 spiro atoms. The summed E-state index contributed by atoms with van der Waals surface area (Å²) in [5.41, 5.74) is 0.272. The molecule has 1 unspecified atom stereocenters. The highest BCUT2D eigenvalue weighted by atomic mass is 32.2. The summed E-state index contributed by atoms with van der Waals surface area (Å²) < 4.78 is 10.3. The van der Waals surface area contributed by atoms with Crippen LogP contribution in [-0.2, 0) is 14.3 Å². The van der Waals surface area contributed by atoms with Crippen LogP contribution in [0.2, 0.25) is 0 Å². The van der Waals surface area contributed by atoms with E-state index >= 15 is 0 Å². The monoisotopic (exact) mass is 258 g/mol. The van der Waals surface area contributed by atoms with Crippen LogP contribution in [-0.4, -0.2) is 37.3 Å². The Morgan fingerprint density at radius 1 is 1.53 bits per heavy atom. The minimum Gasteiger partial charge on any atom is -0.469 e. The van der Waals surface area contributed by atoms with Gasteiger partial charge in [0.25, 0.3) is 0 Å². The lowest BCUT2D eigenvalue weighted by atomic mass is 10.1. The van der Waals surface area contributed by atoms with Crippen molar-refractivity contribution in [1.29, 1.82) is 0 Å². The maximum Gasteiger partial charge on any atom is 0.306 e. The Morgan fingerprint density at radius 3 is 2.94 bits per heavy atom. The Labute approximate surface area is 108 Å². The van der Waals surface area contributed by atoms with Crippen LogP contribution < -0.4 is 0 Å². The number of thioether (sulfide) groups is 1. The van der Waals surface area contributed by atoms with Crippen LogP contribution in [0.3, 0.4) is 0 Å². The molecule has 0 N–H and O–H groups in total. The normalized spacial score (nSPS) is 25.8. The largest absolute Gasteiger partial charge is 0.469 e. The van der Waals surface area contributed by atoms with Crippen LogP contribution in [0.25, 0.3) is 0 Å². The molecule has 1 aliphatic heterocycles. The second-order valence-corrected chi connectivity index (χ2v) is 6.33. The third-order valence-electron chi connectivity index (χ3n) is 3.72. The Kier molecular flexibility index (Phi) is 4.74. The van der Waals surface area contributed by atoms with Crippen molar-refractivity contribution in [2.24, 2.45) is 5.41 Å². The molecule has 1 saturated carbocycles. The van der Waals surface area contributed by atoms with Crippen LogP contribution >= 0.6 is 11.8 Å². The molecule has 0 radical (unpaired) electrons. The smallest absolute Gasteiger partial charge is 0.306 e. The maximum absolute atomic E-state index is 11.3. The third-order valence-corrected chi connectivity index (χ3v) is 5.06. The van der Waals surface area contributed by atoms with Gasteiger partial charge in [0.2, 0.25) is 0 Å². The van der Waals surface area contributed by atoms with Crippen LogP contribution in [0, 0.1) is 5.41 Å². The van der Waals surface area contributed by atoms with Gasteiger partial charge in [-0.1, -0.05) is 0 Å². The fourth-order valence-corrected chi connectivity index (χ4v) is 3.70. The highest BCUT2D eigenvalue weighted by Crippen LogP contribution is 2.51. The van der Waals surface area contributed by atoms with E-state index in [1.165, 1.54) is 39.2 Å². The van der Waals surface area contributed by atoms with E-state index in [-0.39, 0.29) is 11.4 Å².